The van der Waals surface area contributed by atoms with E-state index in [1.807, 2.05) is 0 Å². The molecule has 0 saturated carbocycles. The molecule has 0 aliphatic carbocycles. The summed E-state index contributed by atoms with van der Waals surface area (Å²) in [4.78, 5) is -0.0861. The van der Waals surface area contributed by atoms with E-state index in [1.54, 1.807) is 6.92 Å². The summed E-state index contributed by atoms with van der Waals surface area (Å²) in [6.07, 6.45) is 0. The van der Waals surface area contributed by atoms with Crippen molar-refractivity contribution in [3.63, 3.8) is 0 Å². The summed E-state index contributed by atoms with van der Waals surface area (Å²) in [5.74, 6) is -0.611. The fourth-order valence-electron chi connectivity index (χ4n) is 1.65. The van der Waals surface area contributed by atoms with Crippen LogP contribution in [0.3, 0.4) is 0 Å². The maximum absolute atomic E-state index is 13.2. The molecular weight excluding hydrogens is 273 g/mol. The molecule has 1 aromatic rings. The van der Waals surface area contributed by atoms with Crippen LogP contribution in [0.2, 0.25) is 0 Å². The first-order valence-corrected chi connectivity index (χ1v) is 7.23. The van der Waals surface area contributed by atoms with Crippen LogP contribution in [0.25, 0.3) is 0 Å². The van der Waals surface area contributed by atoms with Crippen molar-refractivity contribution in [2.45, 2.75) is 11.8 Å². The topological polar surface area (TPSA) is 66.8 Å². The van der Waals surface area contributed by atoms with Crippen LogP contribution in [0.5, 0.6) is 0 Å². The number of halogens is 1. The zero-order valence-corrected chi connectivity index (χ0v) is 11.8. The van der Waals surface area contributed by atoms with Crippen LogP contribution in [0, 0.1) is 12.7 Å². The van der Waals surface area contributed by atoms with Crippen molar-refractivity contribution >= 4 is 10.0 Å². The number of benzene rings is 1. The molecular formula is C12H18FNO4S. The number of methoxy groups -OCH3 is 1. The number of hydrogen-bond acceptors (Lipinski definition) is 4. The van der Waals surface area contributed by atoms with Gasteiger partial charge in [-0.05, 0) is 24.6 Å². The Labute approximate surface area is 112 Å². The van der Waals surface area contributed by atoms with Crippen LogP contribution in [0.15, 0.2) is 23.1 Å². The van der Waals surface area contributed by atoms with Crippen molar-refractivity contribution in [3.05, 3.63) is 29.6 Å². The van der Waals surface area contributed by atoms with Crippen molar-refractivity contribution in [1.29, 1.82) is 0 Å². The molecule has 1 rings (SSSR count). The Kier molecular flexibility index (Phi) is 5.86. The van der Waals surface area contributed by atoms with E-state index in [1.165, 1.54) is 19.2 Å². The second kappa shape index (κ2) is 6.95. The molecule has 0 radical (unpaired) electrons. The predicted octanol–water partition coefficient (Wildman–Crippen LogP) is 0.764. The largest absolute Gasteiger partial charge is 0.395 e. The fourth-order valence-corrected chi connectivity index (χ4v) is 3.30. The molecule has 0 unspecified atom stereocenters. The number of hydrogen-bond donors (Lipinski definition) is 1. The first kappa shape index (κ1) is 16.0. The zero-order valence-electron chi connectivity index (χ0n) is 11.0. The average molecular weight is 291 g/mol. The Morgan fingerprint density at radius 3 is 2.63 bits per heavy atom. The summed E-state index contributed by atoms with van der Waals surface area (Å²) in [6, 6.07) is 3.61. The van der Waals surface area contributed by atoms with E-state index < -0.39 is 15.8 Å². The van der Waals surface area contributed by atoms with Crippen LogP contribution in [0.1, 0.15) is 5.56 Å². The van der Waals surface area contributed by atoms with Crippen LogP contribution < -0.4 is 0 Å². The number of aliphatic hydroxyl groups is 1. The number of aliphatic hydroxyl groups excluding tert-OH is 1. The molecule has 0 heterocycles. The standard InChI is InChI=1S/C12H18FNO4S/c1-10-3-4-11(13)9-12(10)19(16,17)14(5-7-15)6-8-18-2/h3-4,9,15H,5-8H2,1-2H3. The Bertz CT molecular complexity index is 518. The smallest absolute Gasteiger partial charge is 0.243 e. The van der Waals surface area contributed by atoms with Gasteiger partial charge in [0.05, 0.1) is 18.1 Å². The van der Waals surface area contributed by atoms with E-state index in [0.717, 1.165) is 10.4 Å². The van der Waals surface area contributed by atoms with Gasteiger partial charge in [0.15, 0.2) is 0 Å². The van der Waals surface area contributed by atoms with E-state index in [4.69, 9.17) is 9.84 Å². The van der Waals surface area contributed by atoms with Crippen LogP contribution >= 0.6 is 0 Å². The van der Waals surface area contributed by atoms with E-state index in [-0.39, 0.29) is 31.2 Å². The minimum atomic E-state index is -3.84. The molecule has 0 amide bonds. The molecule has 7 heteroatoms. The van der Waals surface area contributed by atoms with Gasteiger partial charge in [0.2, 0.25) is 10.0 Å². The van der Waals surface area contributed by atoms with Gasteiger partial charge in [-0.3, -0.25) is 0 Å². The van der Waals surface area contributed by atoms with Gasteiger partial charge in [-0.1, -0.05) is 6.07 Å². The molecule has 19 heavy (non-hydrogen) atoms. The van der Waals surface area contributed by atoms with E-state index in [2.05, 4.69) is 0 Å². The molecule has 0 aromatic heterocycles. The number of ether oxygens (including phenoxy) is 1. The van der Waals surface area contributed by atoms with Crippen molar-refractivity contribution in [1.82, 2.24) is 4.31 Å². The number of rotatable bonds is 7. The molecule has 0 saturated heterocycles. The predicted molar refractivity (Wildman–Crippen MR) is 68.9 cm³/mol. The Balaban J connectivity index is 3.14. The number of aryl methyl sites for hydroxylation is 1. The van der Waals surface area contributed by atoms with Gasteiger partial charge in [-0.2, -0.15) is 4.31 Å². The Morgan fingerprint density at radius 1 is 1.37 bits per heavy atom. The first-order chi connectivity index (χ1) is 8.93. The summed E-state index contributed by atoms with van der Waals surface area (Å²) < 4.78 is 43.9. The molecule has 1 N–H and O–H groups in total. The number of sulfonamides is 1. The lowest BCUT2D eigenvalue weighted by Crippen LogP contribution is -2.36. The monoisotopic (exact) mass is 291 g/mol. The van der Waals surface area contributed by atoms with Gasteiger partial charge in [-0.25, -0.2) is 12.8 Å². The van der Waals surface area contributed by atoms with Crippen LogP contribution in [-0.2, 0) is 14.8 Å². The normalized spacial score (nSPS) is 12.1. The van der Waals surface area contributed by atoms with Gasteiger partial charge >= 0.3 is 0 Å². The van der Waals surface area contributed by atoms with Gasteiger partial charge < -0.3 is 9.84 Å². The summed E-state index contributed by atoms with van der Waals surface area (Å²) in [6.45, 7) is 1.54. The molecule has 1 aromatic carbocycles. The third kappa shape index (κ3) is 3.97. The summed E-state index contributed by atoms with van der Waals surface area (Å²) in [7, 11) is -2.38. The molecule has 0 atom stereocenters. The third-order valence-electron chi connectivity index (χ3n) is 2.66. The molecule has 108 valence electrons. The highest BCUT2D eigenvalue weighted by molar-refractivity contribution is 7.89. The molecule has 0 bridgehead atoms. The Morgan fingerprint density at radius 2 is 2.05 bits per heavy atom. The molecule has 0 fully saturated rings. The summed E-state index contributed by atoms with van der Waals surface area (Å²) in [5.41, 5.74) is 0.460. The zero-order chi connectivity index (χ0) is 14.5. The van der Waals surface area contributed by atoms with E-state index in [9.17, 15) is 12.8 Å². The van der Waals surface area contributed by atoms with Gasteiger partial charge in [-0.15, -0.1) is 0 Å². The lowest BCUT2D eigenvalue weighted by molar-refractivity contribution is 0.168. The second-order valence-corrected chi connectivity index (χ2v) is 5.94. The highest BCUT2D eigenvalue weighted by Crippen LogP contribution is 2.20. The van der Waals surface area contributed by atoms with Crippen molar-refractivity contribution in [2.24, 2.45) is 0 Å². The molecule has 0 aliphatic heterocycles. The molecule has 5 nitrogen and oxygen atoms in total. The van der Waals surface area contributed by atoms with Gasteiger partial charge in [0.1, 0.15) is 5.82 Å². The van der Waals surface area contributed by atoms with E-state index >= 15 is 0 Å². The maximum Gasteiger partial charge on any atom is 0.243 e. The summed E-state index contributed by atoms with van der Waals surface area (Å²) >= 11 is 0. The van der Waals surface area contributed by atoms with Crippen molar-refractivity contribution in [3.8, 4) is 0 Å². The molecule has 0 aliphatic rings. The highest BCUT2D eigenvalue weighted by atomic mass is 32.2. The minimum Gasteiger partial charge on any atom is -0.395 e. The maximum atomic E-state index is 13.2. The van der Waals surface area contributed by atoms with Gasteiger partial charge in [0.25, 0.3) is 0 Å². The SMILES string of the molecule is COCCN(CCO)S(=O)(=O)c1cc(F)ccc1C. The van der Waals surface area contributed by atoms with Crippen LogP contribution in [0.4, 0.5) is 4.39 Å². The summed E-state index contributed by atoms with van der Waals surface area (Å²) in [5, 5.41) is 8.95. The minimum absolute atomic E-state index is 0.0539. The van der Waals surface area contributed by atoms with E-state index in [0.29, 0.717) is 5.56 Å². The average Bonchev–Trinajstić information content (AvgIpc) is 2.37. The van der Waals surface area contributed by atoms with Crippen molar-refractivity contribution in [2.75, 3.05) is 33.4 Å². The number of nitrogens with zero attached hydrogens (tertiary/aromatic N) is 1. The lowest BCUT2D eigenvalue weighted by Gasteiger charge is -2.21. The molecule has 0 spiro atoms. The van der Waals surface area contributed by atoms with Gasteiger partial charge in [0, 0.05) is 20.2 Å². The quantitative estimate of drug-likeness (QED) is 0.805. The second-order valence-electron chi connectivity index (χ2n) is 4.03. The first-order valence-electron chi connectivity index (χ1n) is 5.79. The highest BCUT2D eigenvalue weighted by Gasteiger charge is 2.25. The van der Waals surface area contributed by atoms with Crippen molar-refractivity contribution < 1.29 is 22.7 Å². The Hall–Kier alpha value is -1.02. The fraction of sp³-hybridized carbons (Fsp3) is 0.500. The lowest BCUT2D eigenvalue weighted by atomic mass is 10.2. The van der Waals surface area contributed by atoms with Crippen LogP contribution in [-0.4, -0.2) is 51.2 Å². The third-order valence-corrected chi connectivity index (χ3v) is 4.70.